The second kappa shape index (κ2) is 40.2. The highest BCUT2D eigenvalue weighted by Crippen LogP contribution is 2.25. The zero-order chi connectivity index (χ0) is 82.1. The van der Waals surface area contributed by atoms with Crippen molar-refractivity contribution in [1.82, 2.24) is 41.6 Å². The van der Waals surface area contributed by atoms with Crippen LogP contribution in [0.25, 0.3) is 11.1 Å². The van der Waals surface area contributed by atoms with Crippen LogP contribution in [0.3, 0.4) is 0 Å². The number of hydrogen-bond donors (Lipinski definition) is 9. The fourth-order valence-electron chi connectivity index (χ4n) is 11.0. The summed E-state index contributed by atoms with van der Waals surface area (Å²) in [5.74, 6) is -10.5. The standard InChI is InChI=1S/C82H101ClN8O20/c1-49-39-55(31-38-67(49)107-48-70(96)110-81(9,10)11)44-63(73(99)85-61(41-52-25-32-57(33-26-52)56-23-19-16-20-24-56)74(100)90-65(77(103)104)43-53-27-34-58(93)35-28-53)87-71(97)60(40-51-21-17-15-18-22-51)86-75(101)64(45-68(94)108-79(3,4)5)88-72(98)62(42-54-29-36-59(37-30-54)106-47-69(95)109-80(6,7)8)89-76(102)66(91(83)50(2)92)46-84-78(105)111-82(12,13)14/h15-39,60-66,93H,40-48H2,1-14H3,(H,84,105)(H,85,99)(H,86,101)(H,87,97)(H,88,98)(H,89,102)(H,90,100)(H,103,104)/t60-,61-,62-,63-,64-,65-,66-/m0/s1. The number of ether oxygens (including phenoxy) is 6. The highest BCUT2D eigenvalue weighted by atomic mass is 35.5. The molecule has 0 heterocycles. The Labute approximate surface area is 651 Å². The molecule has 0 aliphatic carbocycles. The highest BCUT2D eigenvalue weighted by Gasteiger charge is 2.38. The zero-order valence-corrected chi connectivity index (χ0v) is 65.7. The van der Waals surface area contributed by atoms with Crippen molar-refractivity contribution in [3.63, 3.8) is 0 Å². The number of aliphatic carboxylic acids is 1. The van der Waals surface area contributed by atoms with Crippen LogP contribution in [0.1, 0.15) is 130 Å². The quantitative estimate of drug-likeness (QED) is 0.0103. The number of benzene rings is 6. The van der Waals surface area contributed by atoms with Crippen molar-refractivity contribution in [2.45, 2.75) is 200 Å². The molecule has 0 aliphatic heterocycles. The molecule has 0 saturated heterocycles. The number of halogens is 1. The van der Waals surface area contributed by atoms with Gasteiger partial charge in [-0.25, -0.2) is 23.6 Å². The molecule has 29 heteroatoms. The summed E-state index contributed by atoms with van der Waals surface area (Å²) in [6.07, 6.45) is -3.41. The van der Waals surface area contributed by atoms with Gasteiger partial charge in [0.05, 0.1) is 13.0 Å². The van der Waals surface area contributed by atoms with Gasteiger partial charge in [0.2, 0.25) is 41.4 Å². The molecule has 28 nitrogen and oxygen atoms in total. The monoisotopic (exact) mass is 1550 g/mol. The lowest BCUT2D eigenvalue weighted by Gasteiger charge is -2.29. The van der Waals surface area contributed by atoms with Crippen molar-refractivity contribution in [3.8, 4) is 28.4 Å². The van der Waals surface area contributed by atoms with E-state index in [0.717, 1.165) is 18.1 Å². The summed E-state index contributed by atoms with van der Waals surface area (Å²) in [5.41, 5.74) is 0.565. The molecule has 9 N–H and O–H groups in total. The summed E-state index contributed by atoms with van der Waals surface area (Å²) < 4.78 is 33.8. The maximum Gasteiger partial charge on any atom is 0.407 e. The number of alkyl carbamates (subject to hydrolysis) is 1. The number of rotatable bonds is 35. The molecule has 0 aliphatic rings. The van der Waals surface area contributed by atoms with E-state index < -0.39 is 169 Å². The largest absolute Gasteiger partial charge is 0.508 e. The van der Waals surface area contributed by atoms with Crippen molar-refractivity contribution in [3.05, 3.63) is 185 Å². The third kappa shape index (κ3) is 31.5. The molecule has 8 amide bonds. The van der Waals surface area contributed by atoms with Crippen LogP contribution < -0.4 is 46.7 Å². The molecule has 0 bridgehead atoms. The predicted octanol–water partition coefficient (Wildman–Crippen LogP) is 7.94. The van der Waals surface area contributed by atoms with Gasteiger partial charge in [-0.2, -0.15) is 0 Å². The third-order valence-corrected chi connectivity index (χ3v) is 16.5. The van der Waals surface area contributed by atoms with Gasteiger partial charge in [-0.1, -0.05) is 121 Å². The van der Waals surface area contributed by atoms with Gasteiger partial charge in [-0.3, -0.25) is 38.4 Å². The first-order chi connectivity index (χ1) is 51.9. The molecule has 6 aromatic carbocycles. The summed E-state index contributed by atoms with van der Waals surface area (Å²) in [5, 5.41) is 38.9. The summed E-state index contributed by atoms with van der Waals surface area (Å²) in [6.45, 7) is 20.8. The second-order valence-corrected chi connectivity index (χ2v) is 30.8. The Morgan fingerprint density at radius 3 is 1.23 bits per heavy atom. The van der Waals surface area contributed by atoms with E-state index in [2.05, 4.69) is 37.2 Å². The van der Waals surface area contributed by atoms with E-state index in [1.165, 1.54) is 54.6 Å². The Morgan fingerprint density at radius 1 is 0.414 bits per heavy atom. The Hall–Kier alpha value is -11.6. The predicted molar refractivity (Wildman–Crippen MR) is 411 cm³/mol. The van der Waals surface area contributed by atoms with Crippen molar-refractivity contribution >= 4 is 83.1 Å². The molecule has 0 fully saturated rings. The van der Waals surface area contributed by atoms with E-state index in [0.29, 0.717) is 37.8 Å². The maximum absolute atomic E-state index is 15.5. The fourth-order valence-corrected chi connectivity index (χ4v) is 11.2. The number of carboxylic acids is 1. The van der Waals surface area contributed by atoms with Gasteiger partial charge in [0.15, 0.2) is 13.2 Å². The average molecular weight is 1550 g/mol. The summed E-state index contributed by atoms with van der Waals surface area (Å²) in [4.78, 5) is 169. The fraction of sp³-hybridized carbons (Fsp3) is 0.415. The topological polar surface area (TPSA) is 388 Å². The van der Waals surface area contributed by atoms with Crippen LogP contribution in [-0.4, -0.2) is 170 Å². The van der Waals surface area contributed by atoms with E-state index >= 15 is 19.2 Å². The van der Waals surface area contributed by atoms with Gasteiger partial charge in [-0.05, 0) is 165 Å². The number of phenolic OH excluding ortho intramolecular Hbond substituents is 1. The summed E-state index contributed by atoms with van der Waals surface area (Å²) in [7, 11) is 0. The van der Waals surface area contributed by atoms with Crippen molar-refractivity contribution in [2.24, 2.45) is 0 Å². The Morgan fingerprint density at radius 2 is 0.775 bits per heavy atom. The number of nitrogens with one attached hydrogen (secondary N) is 7. The number of amides is 8. The van der Waals surface area contributed by atoms with Crippen molar-refractivity contribution in [2.75, 3.05) is 19.8 Å². The Bertz CT molecular complexity index is 4210. The molecule has 0 unspecified atom stereocenters. The van der Waals surface area contributed by atoms with Gasteiger partial charge in [-0.15, -0.1) is 0 Å². The number of aromatic hydroxyl groups is 1. The van der Waals surface area contributed by atoms with Crippen LogP contribution >= 0.6 is 11.8 Å². The number of aryl methyl sites for hydroxylation is 1. The van der Waals surface area contributed by atoms with Gasteiger partial charge in [0.25, 0.3) is 0 Å². The molecule has 6 aromatic rings. The van der Waals surface area contributed by atoms with E-state index in [1.807, 2.05) is 42.5 Å². The van der Waals surface area contributed by atoms with Crippen molar-refractivity contribution in [1.29, 1.82) is 0 Å². The Balaban J connectivity index is 1.42. The number of nitrogens with zero attached hydrogens (tertiary/aromatic N) is 1. The molecule has 7 atom stereocenters. The number of esters is 3. The minimum atomic E-state index is -1.95. The first-order valence-electron chi connectivity index (χ1n) is 36.0. The number of phenols is 1. The van der Waals surface area contributed by atoms with Gasteiger partial charge >= 0.3 is 30.0 Å². The lowest BCUT2D eigenvalue weighted by molar-refractivity contribution is -0.158. The second-order valence-electron chi connectivity index (χ2n) is 30.5. The zero-order valence-electron chi connectivity index (χ0n) is 64.9. The first-order valence-corrected chi connectivity index (χ1v) is 36.3. The number of carbonyl (C=O) groups excluding carboxylic acids is 11. The molecule has 6 rings (SSSR count). The highest BCUT2D eigenvalue weighted by molar-refractivity contribution is 6.22. The van der Waals surface area contributed by atoms with Crippen LogP contribution in [0.5, 0.6) is 17.2 Å². The number of carboxylic acid groups (broad SMARTS) is 1. The van der Waals surface area contributed by atoms with Gasteiger partial charge in [0.1, 0.15) is 81.9 Å². The summed E-state index contributed by atoms with van der Waals surface area (Å²) in [6, 6.07) is 29.3. The number of carbonyl (C=O) groups is 12. The van der Waals surface area contributed by atoms with Crippen LogP contribution in [-0.2, 0) is 104 Å². The third-order valence-electron chi connectivity index (χ3n) is 16.0. The molecule has 0 aromatic heterocycles. The van der Waals surface area contributed by atoms with Crippen LogP contribution in [0.2, 0.25) is 0 Å². The molecule has 0 saturated carbocycles. The van der Waals surface area contributed by atoms with E-state index in [1.54, 1.807) is 145 Å². The normalized spacial score (nSPS) is 13.4. The molecule has 111 heavy (non-hydrogen) atoms. The first kappa shape index (κ1) is 88.4. The minimum Gasteiger partial charge on any atom is -0.508 e. The van der Waals surface area contributed by atoms with Gasteiger partial charge in [0, 0.05) is 50.8 Å². The molecular formula is C82H101ClN8O20. The van der Waals surface area contributed by atoms with Crippen LogP contribution in [0.4, 0.5) is 4.79 Å². The molecular weight excluding hydrogens is 1450 g/mol. The van der Waals surface area contributed by atoms with Crippen LogP contribution in [0.15, 0.2) is 152 Å². The lowest BCUT2D eigenvalue weighted by atomic mass is 9.98. The maximum atomic E-state index is 15.5. The summed E-state index contributed by atoms with van der Waals surface area (Å²) >= 11 is 6.43. The van der Waals surface area contributed by atoms with E-state index in [4.69, 9.17) is 40.2 Å². The number of hydrogen-bond acceptors (Lipinski definition) is 19. The lowest BCUT2D eigenvalue weighted by Crippen LogP contribution is -2.61. The molecule has 596 valence electrons. The SMILES string of the molecule is CC(=O)N(Cl)[C@@H](CNC(=O)OC(C)(C)C)C(=O)N[C@@H](Cc1ccc(OCC(=O)OC(C)(C)C)cc1)C(=O)N[C@@H](CC(=O)OC(C)(C)C)C(=O)N[C@@H](Cc1ccccc1)C(=O)N[C@@H](Cc1ccc(OCC(=O)OC(C)(C)C)c(C)c1)C(=O)N[C@@H](Cc1ccc(-c2ccccc2)cc1)C(=O)N[C@@H](Cc1ccc(O)cc1)C(=O)O. The van der Waals surface area contributed by atoms with Gasteiger partial charge < -0.3 is 75.9 Å². The Kier molecular flexibility index (Phi) is 32.0. The minimum absolute atomic E-state index is 0.0802. The average Bonchev–Trinajstić information content (AvgIpc) is 0.833. The van der Waals surface area contributed by atoms with E-state index in [-0.39, 0.29) is 42.9 Å². The molecule has 0 radical (unpaired) electrons. The van der Waals surface area contributed by atoms with Crippen LogP contribution in [0, 0.1) is 6.92 Å². The van der Waals surface area contributed by atoms with Crippen molar-refractivity contribution < 1.29 is 96.2 Å². The smallest absolute Gasteiger partial charge is 0.407 e. The molecule has 0 spiro atoms. The van der Waals surface area contributed by atoms with E-state index in [9.17, 15) is 48.6 Å².